The number of nitrogens with one attached hydrogen (secondary N) is 2. The van der Waals surface area contributed by atoms with Crippen LogP contribution >= 0.6 is 23.7 Å². The summed E-state index contributed by atoms with van der Waals surface area (Å²) in [7, 11) is -1.80. The van der Waals surface area contributed by atoms with Gasteiger partial charge in [0.1, 0.15) is 0 Å². The molecule has 0 bridgehead atoms. The van der Waals surface area contributed by atoms with E-state index in [0.29, 0.717) is 12.1 Å². The molecule has 3 rings (SSSR count). The van der Waals surface area contributed by atoms with E-state index in [0.717, 1.165) is 24.3 Å². The van der Waals surface area contributed by atoms with Crippen LogP contribution in [0.25, 0.3) is 0 Å². The maximum Gasteiger partial charge on any atom is 0.254 e. The van der Waals surface area contributed by atoms with Crippen molar-refractivity contribution in [3.05, 3.63) is 52.2 Å². The van der Waals surface area contributed by atoms with E-state index >= 15 is 0 Å². The minimum Gasteiger partial charge on any atom is -0.334 e. The summed E-state index contributed by atoms with van der Waals surface area (Å²) < 4.78 is 27.7. The lowest BCUT2D eigenvalue weighted by molar-refractivity contribution is 0.0737. The maximum atomic E-state index is 12.8. The third-order valence-electron chi connectivity index (χ3n) is 4.49. The van der Waals surface area contributed by atoms with Crippen LogP contribution in [-0.2, 0) is 16.6 Å². The second kappa shape index (κ2) is 9.66. The smallest absolute Gasteiger partial charge is 0.254 e. The van der Waals surface area contributed by atoms with Crippen LogP contribution in [-0.4, -0.2) is 45.4 Å². The Morgan fingerprint density at radius 3 is 2.81 bits per heavy atom. The van der Waals surface area contributed by atoms with Gasteiger partial charge >= 0.3 is 0 Å². The summed E-state index contributed by atoms with van der Waals surface area (Å²) >= 11 is 1.49. The molecule has 0 aliphatic carbocycles. The number of hydrogen-bond donors (Lipinski definition) is 2. The van der Waals surface area contributed by atoms with Gasteiger partial charge in [0.2, 0.25) is 10.0 Å². The monoisotopic (exact) mass is 429 g/mol. The summed E-state index contributed by atoms with van der Waals surface area (Å²) in [6.45, 7) is 1.69. The van der Waals surface area contributed by atoms with Crippen LogP contribution < -0.4 is 10.0 Å². The van der Waals surface area contributed by atoms with Crippen molar-refractivity contribution < 1.29 is 13.2 Å². The van der Waals surface area contributed by atoms with Gasteiger partial charge in [0, 0.05) is 36.1 Å². The summed E-state index contributed by atoms with van der Waals surface area (Å²) in [5.41, 5.74) is 0.409. The summed E-state index contributed by atoms with van der Waals surface area (Å²) in [5, 5.41) is 5.02. The Bertz CT molecular complexity index is 856. The van der Waals surface area contributed by atoms with E-state index < -0.39 is 10.0 Å². The first-order valence-electron chi connectivity index (χ1n) is 8.59. The molecule has 27 heavy (non-hydrogen) atoms. The van der Waals surface area contributed by atoms with Gasteiger partial charge in [0.05, 0.1) is 4.90 Å². The van der Waals surface area contributed by atoms with Crippen molar-refractivity contribution in [3.8, 4) is 0 Å². The molecule has 6 nitrogen and oxygen atoms in total. The molecule has 1 aliphatic heterocycles. The van der Waals surface area contributed by atoms with Gasteiger partial charge < -0.3 is 10.2 Å². The van der Waals surface area contributed by atoms with Crippen LogP contribution in [0.1, 0.15) is 28.1 Å². The normalized spacial score (nSPS) is 16.9. The molecule has 0 saturated carbocycles. The molecule has 1 aromatic heterocycles. The van der Waals surface area contributed by atoms with Crippen LogP contribution in [0.5, 0.6) is 0 Å². The SMILES string of the molecule is CNCC1CCCN1C(=O)c1cccc(S(=O)(=O)NCc2cccs2)c1.Cl. The lowest BCUT2D eigenvalue weighted by Gasteiger charge is -2.24. The van der Waals surface area contributed by atoms with Crippen molar-refractivity contribution in [2.75, 3.05) is 20.1 Å². The molecule has 0 spiro atoms. The fraction of sp³-hybridized carbons (Fsp3) is 0.389. The maximum absolute atomic E-state index is 12.8. The Hall–Kier alpha value is -1.45. The summed E-state index contributed by atoms with van der Waals surface area (Å²) in [4.78, 5) is 15.7. The van der Waals surface area contributed by atoms with Gasteiger partial charge in [-0.3, -0.25) is 4.79 Å². The number of carbonyl (C=O) groups is 1. The number of halogens is 1. The first-order valence-corrected chi connectivity index (χ1v) is 11.0. The number of amides is 1. The minimum absolute atomic E-state index is 0. The molecule has 0 radical (unpaired) electrons. The predicted octanol–water partition coefficient (Wildman–Crippen LogP) is 2.47. The number of rotatable bonds is 7. The minimum atomic E-state index is -3.67. The number of carbonyl (C=O) groups excluding carboxylic acids is 1. The first kappa shape index (κ1) is 21.8. The molecular weight excluding hydrogens is 406 g/mol. The van der Waals surface area contributed by atoms with Crippen molar-refractivity contribution in [2.24, 2.45) is 0 Å². The van der Waals surface area contributed by atoms with E-state index in [9.17, 15) is 13.2 Å². The van der Waals surface area contributed by atoms with Crippen molar-refractivity contribution >= 4 is 39.7 Å². The summed E-state index contributed by atoms with van der Waals surface area (Å²) in [6.07, 6.45) is 1.94. The molecule has 1 amide bonds. The van der Waals surface area contributed by atoms with E-state index in [-0.39, 0.29) is 35.8 Å². The van der Waals surface area contributed by atoms with Gasteiger partial charge in [-0.2, -0.15) is 0 Å². The number of benzene rings is 1. The highest BCUT2D eigenvalue weighted by Crippen LogP contribution is 2.21. The highest BCUT2D eigenvalue weighted by molar-refractivity contribution is 7.89. The van der Waals surface area contributed by atoms with Gasteiger partial charge in [-0.05, 0) is 49.5 Å². The Morgan fingerprint density at radius 1 is 1.30 bits per heavy atom. The van der Waals surface area contributed by atoms with Gasteiger partial charge in [0.25, 0.3) is 5.91 Å². The van der Waals surface area contributed by atoms with Gasteiger partial charge in [-0.15, -0.1) is 23.7 Å². The van der Waals surface area contributed by atoms with Crippen molar-refractivity contribution in [2.45, 2.75) is 30.3 Å². The van der Waals surface area contributed by atoms with Crippen molar-refractivity contribution in [1.29, 1.82) is 0 Å². The van der Waals surface area contributed by atoms with E-state index in [1.54, 1.807) is 12.1 Å². The molecule has 1 saturated heterocycles. The molecule has 1 aromatic carbocycles. The number of likely N-dealkylation sites (N-methyl/N-ethyl adjacent to an activating group) is 1. The topological polar surface area (TPSA) is 78.5 Å². The molecule has 1 fully saturated rings. The van der Waals surface area contributed by atoms with Gasteiger partial charge in [0.15, 0.2) is 0 Å². The number of sulfonamides is 1. The number of nitrogens with zero attached hydrogens (tertiary/aromatic N) is 1. The van der Waals surface area contributed by atoms with Crippen LogP contribution in [0.3, 0.4) is 0 Å². The Balaban J connectivity index is 0.00000261. The molecule has 9 heteroatoms. The average molecular weight is 430 g/mol. The fourth-order valence-corrected chi connectivity index (χ4v) is 4.96. The van der Waals surface area contributed by atoms with Crippen LogP contribution in [0.15, 0.2) is 46.7 Å². The van der Waals surface area contributed by atoms with Crippen LogP contribution in [0.2, 0.25) is 0 Å². The number of hydrogen-bond acceptors (Lipinski definition) is 5. The fourth-order valence-electron chi connectivity index (χ4n) is 3.18. The zero-order valence-corrected chi connectivity index (χ0v) is 17.5. The Morgan fingerprint density at radius 2 is 2.11 bits per heavy atom. The third-order valence-corrected chi connectivity index (χ3v) is 6.76. The summed E-state index contributed by atoms with van der Waals surface area (Å²) in [6, 6.07) is 10.2. The van der Waals surface area contributed by atoms with E-state index in [2.05, 4.69) is 10.0 Å². The lowest BCUT2D eigenvalue weighted by Crippen LogP contribution is -2.40. The largest absolute Gasteiger partial charge is 0.334 e. The predicted molar refractivity (Wildman–Crippen MR) is 110 cm³/mol. The molecular formula is C18H24ClN3O3S2. The molecule has 1 atom stereocenters. The standard InChI is InChI=1S/C18H23N3O3S2.ClH/c1-19-12-15-6-3-9-21(15)18(22)14-5-2-8-17(11-14)26(23,24)20-13-16-7-4-10-25-16;/h2,4-5,7-8,10-11,15,19-20H,3,6,9,12-13H2,1H3;1H. The van der Waals surface area contributed by atoms with E-state index in [1.807, 2.05) is 29.5 Å². The molecule has 1 unspecified atom stereocenters. The quantitative estimate of drug-likeness (QED) is 0.708. The molecule has 2 N–H and O–H groups in total. The first-order chi connectivity index (χ1) is 12.5. The average Bonchev–Trinajstić information content (AvgIpc) is 3.32. The third kappa shape index (κ3) is 5.30. The Labute approximate surface area is 170 Å². The zero-order chi connectivity index (χ0) is 18.6. The molecule has 148 valence electrons. The van der Waals surface area contributed by atoms with Crippen molar-refractivity contribution in [3.63, 3.8) is 0 Å². The second-order valence-electron chi connectivity index (χ2n) is 6.28. The molecule has 1 aliphatic rings. The highest BCUT2D eigenvalue weighted by Gasteiger charge is 2.29. The lowest BCUT2D eigenvalue weighted by atomic mass is 10.1. The number of likely N-dealkylation sites (tertiary alicyclic amines) is 1. The van der Waals surface area contributed by atoms with Crippen LogP contribution in [0, 0.1) is 0 Å². The molecule has 2 heterocycles. The molecule has 2 aromatic rings. The zero-order valence-electron chi connectivity index (χ0n) is 15.1. The number of thiophene rings is 1. The second-order valence-corrected chi connectivity index (χ2v) is 9.08. The Kier molecular flexibility index (Phi) is 7.81. The highest BCUT2D eigenvalue weighted by atomic mass is 35.5. The van der Waals surface area contributed by atoms with Crippen molar-refractivity contribution in [1.82, 2.24) is 14.9 Å². The summed E-state index contributed by atoms with van der Waals surface area (Å²) in [5.74, 6) is -0.113. The van der Waals surface area contributed by atoms with Gasteiger partial charge in [-0.1, -0.05) is 12.1 Å². The van der Waals surface area contributed by atoms with Gasteiger partial charge in [-0.25, -0.2) is 13.1 Å². The van der Waals surface area contributed by atoms with Crippen LogP contribution in [0.4, 0.5) is 0 Å². The van der Waals surface area contributed by atoms with E-state index in [1.165, 1.54) is 23.5 Å². The van der Waals surface area contributed by atoms with E-state index in [4.69, 9.17) is 0 Å².